The Bertz CT molecular complexity index is 234. The largest absolute Gasteiger partial charge is 0.329 e. The van der Waals surface area contributed by atoms with E-state index in [0.29, 0.717) is 6.04 Å². The van der Waals surface area contributed by atoms with Crippen LogP contribution in [0.3, 0.4) is 0 Å². The average molecular weight is 253 g/mol. The average Bonchev–Trinajstić information content (AvgIpc) is 2.68. The number of likely N-dealkylation sites (N-methyl/N-ethyl adjacent to an activating group) is 1. The second kappa shape index (κ2) is 6.88. The minimum Gasteiger partial charge on any atom is -0.329 e. The van der Waals surface area contributed by atoms with E-state index in [-0.39, 0.29) is 0 Å². The van der Waals surface area contributed by atoms with Crippen LogP contribution in [0.25, 0.3) is 0 Å². The Hall–Kier alpha value is -0.120. The van der Waals surface area contributed by atoms with Gasteiger partial charge in [0.2, 0.25) is 0 Å². The fourth-order valence-electron chi connectivity index (χ4n) is 3.83. The molecule has 2 aliphatic rings. The van der Waals surface area contributed by atoms with Gasteiger partial charge in [-0.1, -0.05) is 25.7 Å². The first-order chi connectivity index (χ1) is 8.72. The molecule has 2 fully saturated rings. The van der Waals surface area contributed by atoms with Crippen LogP contribution in [0.15, 0.2) is 0 Å². The third-order valence-corrected chi connectivity index (χ3v) is 5.08. The fourth-order valence-corrected chi connectivity index (χ4v) is 3.83. The molecule has 2 N–H and O–H groups in total. The van der Waals surface area contributed by atoms with Crippen molar-refractivity contribution in [3.63, 3.8) is 0 Å². The molecule has 106 valence electrons. The number of likely N-dealkylation sites (tertiary alicyclic amines) is 1. The zero-order chi connectivity index (χ0) is 13.0. The first kappa shape index (κ1) is 14.3. The molecule has 0 aromatic heterocycles. The van der Waals surface area contributed by atoms with Crippen LogP contribution in [0, 0.1) is 5.92 Å². The molecule has 3 nitrogen and oxygen atoms in total. The summed E-state index contributed by atoms with van der Waals surface area (Å²) >= 11 is 0. The molecule has 1 aliphatic heterocycles. The molecule has 2 atom stereocenters. The molecule has 2 rings (SSSR count). The zero-order valence-electron chi connectivity index (χ0n) is 12.3. The van der Waals surface area contributed by atoms with Gasteiger partial charge in [-0.2, -0.15) is 0 Å². The molecule has 18 heavy (non-hydrogen) atoms. The van der Waals surface area contributed by atoms with E-state index in [2.05, 4.69) is 23.9 Å². The van der Waals surface area contributed by atoms with E-state index in [1.54, 1.807) is 0 Å². The highest BCUT2D eigenvalue weighted by Crippen LogP contribution is 2.29. The lowest BCUT2D eigenvalue weighted by Gasteiger charge is -2.34. The highest BCUT2D eigenvalue weighted by atomic mass is 15.3. The van der Waals surface area contributed by atoms with Crippen molar-refractivity contribution in [3.8, 4) is 0 Å². The fraction of sp³-hybridized carbons (Fsp3) is 1.00. The Kier molecular flexibility index (Phi) is 5.46. The molecule has 3 heteroatoms. The second-order valence-electron chi connectivity index (χ2n) is 6.46. The molecule has 1 aliphatic carbocycles. The molecular formula is C15H31N3. The minimum absolute atomic E-state index is 0.646. The van der Waals surface area contributed by atoms with Gasteiger partial charge in [-0.3, -0.25) is 4.90 Å². The summed E-state index contributed by atoms with van der Waals surface area (Å²) in [5.74, 6) is 0.860. The first-order valence-electron chi connectivity index (χ1n) is 7.83. The Morgan fingerprint density at radius 2 is 1.78 bits per heavy atom. The molecular weight excluding hydrogens is 222 g/mol. The van der Waals surface area contributed by atoms with Gasteiger partial charge in [-0.05, 0) is 39.3 Å². The third kappa shape index (κ3) is 3.46. The van der Waals surface area contributed by atoms with Crippen molar-refractivity contribution in [2.45, 2.75) is 57.0 Å². The van der Waals surface area contributed by atoms with Gasteiger partial charge in [0.15, 0.2) is 0 Å². The van der Waals surface area contributed by atoms with Gasteiger partial charge in [-0.15, -0.1) is 0 Å². The smallest absolute Gasteiger partial charge is 0.0247 e. The van der Waals surface area contributed by atoms with Crippen LogP contribution in [0.4, 0.5) is 0 Å². The molecule has 0 spiro atoms. The van der Waals surface area contributed by atoms with E-state index in [1.807, 2.05) is 0 Å². The molecule has 0 radical (unpaired) electrons. The van der Waals surface area contributed by atoms with E-state index >= 15 is 0 Å². The summed E-state index contributed by atoms with van der Waals surface area (Å²) in [6.07, 6.45) is 9.85. The minimum atomic E-state index is 0.646. The monoisotopic (exact) mass is 253 g/mol. The van der Waals surface area contributed by atoms with Gasteiger partial charge in [0, 0.05) is 31.7 Å². The highest BCUT2D eigenvalue weighted by Gasteiger charge is 2.32. The second-order valence-corrected chi connectivity index (χ2v) is 6.46. The summed E-state index contributed by atoms with van der Waals surface area (Å²) in [5.41, 5.74) is 6.10. The molecule has 0 aromatic carbocycles. The van der Waals surface area contributed by atoms with Crippen LogP contribution in [0.5, 0.6) is 0 Å². The maximum Gasteiger partial charge on any atom is 0.0247 e. The third-order valence-electron chi connectivity index (χ3n) is 5.08. The van der Waals surface area contributed by atoms with Gasteiger partial charge in [-0.25, -0.2) is 0 Å². The summed E-state index contributed by atoms with van der Waals surface area (Å²) in [4.78, 5) is 5.06. The Balaban J connectivity index is 1.91. The maximum atomic E-state index is 6.10. The predicted octanol–water partition coefficient (Wildman–Crippen LogP) is 1.92. The topological polar surface area (TPSA) is 32.5 Å². The quantitative estimate of drug-likeness (QED) is 0.777. The molecule has 1 saturated heterocycles. The predicted molar refractivity (Wildman–Crippen MR) is 77.7 cm³/mol. The van der Waals surface area contributed by atoms with Crippen molar-refractivity contribution in [2.24, 2.45) is 11.7 Å². The van der Waals surface area contributed by atoms with Gasteiger partial charge in [0.1, 0.15) is 0 Å². The Morgan fingerprint density at radius 3 is 2.28 bits per heavy atom. The first-order valence-corrected chi connectivity index (χ1v) is 7.83. The lowest BCUT2D eigenvalue weighted by Crippen LogP contribution is -2.45. The lowest BCUT2D eigenvalue weighted by atomic mass is 9.91. The maximum absolute atomic E-state index is 6.10. The number of hydrogen-bond acceptors (Lipinski definition) is 3. The van der Waals surface area contributed by atoms with Crippen LogP contribution in [-0.2, 0) is 0 Å². The van der Waals surface area contributed by atoms with Crippen molar-refractivity contribution in [2.75, 3.05) is 33.7 Å². The van der Waals surface area contributed by atoms with Crippen molar-refractivity contribution in [1.29, 1.82) is 0 Å². The van der Waals surface area contributed by atoms with E-state index in [0.717, 1.165) is 18.5 Å². The summed E-state index contributed by atoms with van der Waals surface area (Å²) in [5, 5.41) is 0. The van der Waals surface area contributed by atoms with Crippen LogP contribution in [0.2, 0.25) is 0 Å². The normalized spacial score (nSPS) is 29.7. The van der Waals surface area contributed by atoms with Gasteiger partial charge >= 0.3 is 0 Å². The molecule has 0 aromatic rings. The van der Waals surface area contributed by atoms with Crippen molar-refractivity contribution in [1.82, 2.24) is 9.80 Å². The van der Waals surface area contributed by atoms with E-state index in [4.69, 9.17) is 5.73 Å². The van der Waals surface area contributed by atoms with Crippen LogP contribution in [0.1, 0.15) is 44.9 Å². The van der Waals surface area contributed by atoms with Gasteiger partial charge in [0.25, 0.3) is 0 Å². The zero-order valence-corrected chi connectivity index (χ0v) is 12.3. The highest BCUT2D eigenvalue weighted by molar-refractivity contribution is 4.89. The van der Waals surface area contributed by atoms with Crippen molar-refractivity contribution >= 4 is 0 Å². The summed E-state index contributed by atoms with van der Waals surface area (Å²) in [6.45, 7) is 3.33. The van der Waals surface area contributed by atoms with E-state index in [9.17, 15) is 0 Å². The van der Waals surface area contributed by atoms with Crippen molar-refractivity contribution in [3.05, 3.63) is 0 Å². The molecule has 1 saturated carbocycles. The number of rotatable bonds is 4. The Morgan fingerprint density at radius 1 is 1.11 bits per heavy atom. The van der Waals surface area contributed by atoms with Gasteiger partial charge in [0.05, 0.1) is 0 Å². The summed E-state index contributed by atoms with van der Waals surface area (Å²) < 4.78 is 0. The van der Waals surface area contributed by atoms with E-state index in [1.165, 1.54) is 58.0 Å². The van der Waals surface area contributed by atoms with Crippen LogP contribution >= 0.6 is 0 Å². The number of nitrogens with two attached hydrogens (primary N) is 1. The standard InChI is InChI=1S/C15H31N3/c1-17(2)14-9-10-18(12-14)15(11-16)13-7-5-3-4-6-8-13/h13-15H,3-12,16H2,1-2H3. The lowest BCUT2D eigenvalue weighted by molar-refractivity contribution is 0.154. The number of hydrogen-bond donors (Lipinski definition) is 1. The molecule has 2 unspecified atom stereocenters. The summed E-state index contributed by atoms with van der Waals surface area (Å²) in [7, 11) is 4.41. The molecule has 0 bridgehead atoms. The SMILES string of the molecule is CN(C)C1CCN(C(CN)C2CCCCCC2)C1. The van der Waals surface area contributed by atoms with Gasteiger partial charge < -0.3 is 10.6 Å². The van der Waals surface area contributed by atoms with Crippen LogP contribution < -0.4 is 5.73 Å². The molecule has 0 amide bonds. The van der Waals surface area contributed by atoms with Crippen molar-refractivity contribution < 1.29 is 0 Å². The Labute approximate surface area is 113 Å². The van der Waals surface area contributed by atoms with Crippen LogP contribution in [-0.4, -0.2) is 55.6 Å². The molecule has 1 heterocycles. The number of nitrogens with zero attached hydrogens (tertiary/aromatic N) is 2. The summed E-state index contributed by atoms with van der Waals surface area (Å²) in [6, 6.07) is 1.39. The van der Waals surface area contributed by atoms with E-state index < -0.39 is 0 Å².